The van der Waals surface area contributed by atoms with Gasteiger partial charge in [-0.15, -0.1) is 0 Å². The van der Waals surface area contributed by atoms with Crippen LogP contribution in [0.3, 0.4) is 0 Å². The van der Waals surface area contributed by atoms with E-state index in [0.717, 1.165) is 13.0 Å². The summed E-state index contributed by atoms with van der Waals surface area (Å²) in [5.74, 6) is 0.581. The topological polar surface area (TPSA) is 38.3 Å². The first-order chi connectivity index (χ1) is 9.72. The second kappa shape index (κ2) is 10.6. The van der Waals surface area contributed by atoms with Gasteiger partial charge in [0.25, 0.3) is 5.91 Å². The summed E-state index contributed by atoms with van der Waals surface area (Å²) in [5, 5.41) is 3.52. The first-order valence-electron chi connectivity index (χ1n) is 7.37. The summed E-state index contributed by atoms with van der Waals surface area (Å²) in [6, 6.07) is 6.99. The van der Waals surface area contributed by atoms with Crippen LogP contribution in [0.25, 0.3) is 0 Å². The Kier molecular flexibility index (Phi) is 8.88. The minimum absolute atomic E-state index is 0.0530. The van der Waals surface area contributed by atoms with Crippen molar-refractivity contribution in [2.75, 3.05) is 13.2 Å². The summed E-state index contributed by atoms with van der Waals surface area (Å²) < 4.78 is 5.36. The van der Waals surface area contributed by atoms with Gasteiger partial charge in [0.05, 0.1) is 0 Å². The molecular formula is C16H24ClNO2. The second-order valence-corrected chi connectivity index (χ2v) is 5.30. The van der Waals surface area contributed by atoms with Crippen molar-refractivity contribution in [1.82, 2.24) is 5.32 Å². The maximum Gasteiger partial charge on any atom is 0.257 e. The Labute approximate surface area is 126 Å². The van der Waals surface area contributed by atoms with E-state index in [2.05, 4.69) is 12.2 Å². The Bertz CT molecular complexity index is 379. The van der Waals surface area contributed by atoms with Gasteiger partial charge in [-0.2, -0.15) is 0 Å². The second-order valence-electron chi connectivity index (χ2n) is 4.86. The van der Waals surface area contributed by atoms with Gasteiger partial charge in [0.1, 0.15) is 5.75 Å². The van der Waals surface area contributed by atoms with Gasteiger partial charge in [0.15, 0.2) is 6.61 Å². The van der Waals surface area contributed by atoms with Crippen molar-refractivity contribution >= 4 is 17.5 Å². The molecule has 1 aromatic rings. The number of nitrogens with one attached hydrogen (secondary N) is 1. The lowest BCUT2D eigenvalue weighted by Crippen LogP contribution is -2.29. The molecule has 0 saturated heterocycles. The van der Waals surface area contributed by atoms with Crippen molar-refractivity contribution in [2.45, 2.75) is 45.4 Å². The zero-order valence-electron chi connectivity index (χ0n) is 12.2. The first kappa shape index (κ1) is 16.8. The standard InChI is InChI=1S/C16H24ClNO2/c1-2-3-4-5-6-7-12-18-16(19)13-20-15-10-8-14(17)9-11-15/h8-11H,2-7,12-13H2,1H3,(H,18,19). The van der Waals surface area contributed by atoms with E-state index in [4.69, 9.17) is 16.3 Å². The van der Waals surface area contributed by atoms with Crippen LogP contribution in [0.1, 0.15) is 45.4 Å². The Hall–Kier alpha value is -1.22. The molecule has 0 atom stereocenters. The van der Waals surface area contributed by atoms with Crippen LogP contribution in [-0.2, 0) is 4.79 Å². The molecule has 0 fully saturated rings. The maximum atomic E-state index is 11.6. The normalized spacial score (nSPS) is 10.3. The van der Waals surface area contributed by atoms with Crippen LogP contribution < -0.4 is 10.1 Å². The first-order valence-corrected chi connectivity index (χ1v) is 7.75. The molecule has 0 aliphatic heterocycles. The van der Waals surface area contributed by atoms with E-state index < -0.39 is 0 Å². The molecule has 1 N–H and O–H groups in total. The fourth-order valence-corrected chi connectivity index (χ4v) is 1.99. The largest absolute Gasteiger partial charge is 0.484 e. The molecule has 0 radical (unpaired) electrons. The average Bonchev–Trinajstić information content (AvgIpc) is 2.46. The maximum absolute atomic E-state index is 11.6. The SMILES string of the molecule is CCCCCCCCNC(=O)COc1ccc(Cl)cc1. The summed E-state index contributed by atoms with van der Waals surface area (Å²) in [6.45, 7) is 2.99. The van der Waals surface area contributed by atoms with Crippen LogP contribution in [0, 0.1) is 0 Å². The molecule has 0 saturated carbocycles. The minimum atomic E-state index is -0.0755. The number of amides is 1. The van der Waals surface area contributed by atoms with Crippen molar-refractivity contribution in [1.29, 1.82) is 0 Å². The molecule has 20 heavy (non-hydrogen) atoms. The van der Waals surface area contributed by atoms with Crippen LogP contribution in [0.5, 0.6) is 5.75 Å². The van der Waals surface area contributed by atoms with Crippen molar-refractivity contribution in [3.05, 3.63) is 29.3 Å². The lowest BCUT2D eigenvalue weighted by atomic mass is 10.1. The van der Waals surface area contributed by atoms with Gasteiger partial charge >= 0.3 is 0 Å². The summed E-state index contributed by atoms with van der Waals surface area (Å²) in [6.07, 6.45) is 7.34. The predicted octanol–water partition coefficient (Wildman–Crippen LogP) is 4.20. The third-order valence-electron chi connectivity index (χ3n) is 3.04. The fourth-order valence-electron chi connectivity index (χ4n) is 1.86. The Morgan fingerprint density at radius 2 is 1.75 bits per heavy atom. The van der Waals surface area contributed by atoms with Gasteiger partial charge < -0.3 is 10.1 Å². The van der Waals surface area contributed by atoms with Crippen LogP contribution >= 0.6 is 11.6 Å². The predicted molar refractivity (Wildman–Crippen MR) is 83.3 cm³/mol. The van der Waals surface area contributed by atoms with Crippen LogP contribution in [0.15, 0.2) is 24.3 Å². The minimum Gasteiger partial charge on any atom is -0.484 e. The molecule has 0 bridgehead atoms. The third kappa shape index (κ3) is 8.05. The van der Waals surface area contributed by atoms with E-state index >= 15 is 0 Å². The highest BCUT2D eigenvalue weighted by molar-refractivity contribution is 6.30. The fraction of sp³-hybridized carbons (Fsp3) is 0.562. The molecular weight excluding hydrogens is 274 g/mol. The van der Waals surface area contributed by atoms with Gasteiger partial charge in [0.2, 0.25) is 0 Å². The molecule has 1 aromatic carbocycles. The highest BCUT2D eigenvalue weighted by Crippen LogP contribution is 2.15. The highest BCUT2D eigenvalue weighted by atomic mass is 35.5. The van der Waals surface area contributed by atoms with Crippen molar-refractivity contribution in [3.63, 3.8) is 0 Å². The Balaban J connectivity index is 2.01. The van der Waals surface area contributed by atoms with Crippen molar-refractivity contribution in [2.24, 2.45) is 0 Å². The van der Waals surface area contributed by atoms with Gasteiger partial charge in [0, 0.05) is 11.6 Å². The molecule has 0 unspecified atom stereocenters. The number of halogens is 1. The monoisotopic (exact) mass is 297 g/mol. The number of rotatable bonds is 10. The lowest BCUT2D eigenvalue weighted by molar-refractivity contribution is -0.123. The highest BCUT2D eigenvalue weighted by Gasteiger charge is 2.02. The van der Waals surface area contributed by atoms with Gasteiger partial charge in [-0.25, -0.2) is 0 Å². The Morgan fingerprint density at radius 3 is 2.45 bits per heavy atom. The van der Waals surface area contributed by atoms with Crippen molar-refractivity contribution in [3.8, 4) is 5.75 Å². The molecule has 4 heteroatoms. The molecule has 0 spiro atoms. The summed E-state index contributed by atoms with van der Waals surface area (Å²) in [5.41, 5.74) is 0. The molecule has 0 aromatic heterocycles. The van der Waals surface area contributed by atoms with E-state index in [1.54, 1.807) is 24.3 Å². The molecule has 1 rings (SSSR count). The van der Waals surface area contributed by atoms with E-state index in [9.17, 15) is 4.79 Å². The summed E-state index contributed by atoms with van der Waals surface area (Å²) >= 11 is 5.77. The number of hydrogen-bond acceptors (Lipinski definition) is 2. The summed E-state index contributed by atoms with van der Waals surface area (Å²) in [7, 11) is 0. The Morgan fingerprint density at radius 1 is 1.10 bits per heavy atom. The van der Waals surface area contributed by atoms with Gasteiger partial charge in [-0.3, -0.25) is 4.79 Å². The smallest absolute Gasteiger partial charge is 0.257 e. The molecule has 1 amide bonds. The molecule has 0 aliphatic rings. The van der Waals surface area contributed by atoms with Gasteiger partial charge in [-0.05, 0) is 30.7 Å². The van der Waals surface area contributed by atoms with E-state index in [1.165, 1.54) is 32.1 Å². The van der Waals surface area contributed by atoms with Crippen LogP contribution in [-0.4, -0.2) is 19.1 Å². The van der Waals surface area contributed by atoms with E-state index in [1.807, 2.05) is 0 Å². The average molecular weight is 298 g/mol. The number of carbonyl (C=O) groups excluding carboxylic acids is 1. The van der Waals surface area contributed by atoms with Crippen molar-refractivity contribution < 1.29 is 9.53 Å². The van der Waals surface area contributed by atoms with E-state index in [0.29, 0.717) is 10.8 Å². The van der Waals surface area contributed by atoms with Crippen LogP contribution in [0.4, 0.5) is 0 Å². The molecule has 0 aliphatic carbocycles. The van der Waals surface area contributed by atoms with Gasteiger partial charge in [-0.1, -0.05) is 50.6 Å². The molecule has 112 valence electrons. The number of hydrogen-bond donors (Lipinski definition) is 1. The molecule has 0 heterocycles. The number of ether oxygens (including phenoxy) is 1. The number of unbranched alkanes of at least 4 members (excludes halogenated alkanes) is 5. The number of benzene rings is 1. The lowest BCUT2D eigenvalue weighted by Gasteiger charge is -2.07. The zero-order chi connectivity index (χ0) is 14.6. The molecule has 3 nitrogen and oxygen atoms in total. The van der Waals surface area contributed by atoms with Crippen LogP contribution in [0.2, 0.25) is 5.02 Å². The summed E-state index contributed by atoms with van der Waals surface area (Å²) in [4.78, 5) is 11.6. The number of carbonyl (C=O) groups is 1. The zero-order valence-corrected chi connectivity index (χ0v) is 12.9. The third-order valence-corrected chi connectivity index (χ3v) is 3.29. The van der Waals surface area contributed by atoms with E-state index in [-0.39, 0.29) is 12.5 Å². The quantitative estimate of drug-likeness (QED) is 0.657.